The van der Waals surface area contributed by atoms with Crippen LogP contribution in [0.15, 0.2) is 36.8 Å². The van der Waals surface area contributed by atoms with E-state index in [1.54, 1.807) is 34.9 Å². The van der Waals surface area contributed by atoms with Crippen molar-refractivity contribution in [2.75, 3.05) is 20.3 Å². The summed E-state index contributed by atoms with van der Waals surface area (Å²) in [5.74, 6) is 0.690. The van der Waals surface area contributed by atoms with Gasteiger partial charge in [0.2, 0.25) is 0 Å². The van der Waals surface area contributed by atoms with Gasteiger partial charge >= 0.3 is 0 Å². The predicted octanol–water partition coefficient (Wildman–Crippen LogP) is 3.44. The first-order valence-electron chi connectivity index (χ1n) is 9.65. The molecule has 1 aliphatic rings. The van der Waals surface area contributed by atoms with Gasteiger partial charge in [-0.3, -0.25) is 4.68 Å². The van der Waals surface area contributed by atoms with Gasteiger partial charge in [0.15, 0.2) is 5.82 Å². The number of aryl methyl sites for hydroxylation is 2. The summed E-state index contributed by atoms with van der Waals surface area (Å²) >= 11 is 6.22. The standard InChI is InChI=1S/C21H21ClN6O2/c1-13-6-17(21(29-3)4-5-30-12-21)25-19(7-13)28-16-8-18(22)23-10-15(16)20(26-28)14-9-24-27(2)11-14/h6-11H,4-5,12H2,1-3H3/t21-/m1/s1. The lowest BCUT2D eigenvalue weighted by atomic mass is 9.97. The van der Waals surface area contributed by atoms with Crippen molar-refractivity contribution in [1.29, 1.82) is 0 Å². The molecule has 0 aliphatic carbocycles. The van der Waals surface area contributed by atoms with Crippen molar-refractivity contribution in [3.63, 3.8) is 0 Å². The lowest BCUT2D eigenvalue weighted by Crippen LogP contribution is -2.30. The van der Waals surface area contributed by atoms with E-state index in [2.05, 4.69) is 10.1 Å². The van der Waals surface area contributed by atoms with Crippen molar-refractivity contribution < 1.29 is 9.47 Å². The molecule has 0 aromatic carbocycles. The van der Waals surface area contributed by atoms with E-state index in [-0.39, 0.29) is 0 Å². The van der Waals surface area contributed by atoms with Crippen LogP contribution in [-0.2, 0) is 22.1 Å². The molecule has 0 amide bonds. The summed E-state index contributed by atoms with van der Waals surface area (Å²) in [4.78, 5) is 9.19. The maximum absolute atomic E-state index is 6.22. The smallest absolute Gasteiger partial charge is 0.154 e. The van der Waals surface area contributed by atoms with E-state index in [0.29, 0.717) is 24.2 Å². The molecule has 1 atom stereocenters. The molecule has 4 aromatic rings. The molecule has 8 nitrogen and oxygen atoms in total. The van der Waals surface area contributed by atoms with Crippen molar-refractivity contribution in [3.8, 4) is 17.1 Å². The first-order valence-corrected chi connectivity index (χ1v) is 10.0. The van der Waals surface area contributed by atoms with Crippen LogP contribution in [0.5, 0.6) is 0 Å². The highest BCUT2D eigenvalue weighted by Gasteiger charge is 2.38. The zero-order valence-corrected chi connectivity index (χ0v) is 17.7. The minimum Gasteiger partial charge on any atom is -0.378 e. The molecule has 0 unspecified atom stereocenters. The Bertz CT molecular complexity index is 1240. The Labute approximate surface area is 178 Å². The number of aromatic nitrogens is 6. The number of rotatable bonds is 4. The summed E-state index contributed by atoms with van der Waals surface area (Å²) in [6.45, 7) is 3.17. The number of fused-ring (bicyclic) bond motifs is 1. The van der Waals surface area contributed by atoms with E-state index in [1.165, 1.54) is 0 Å². The Hall–Kier alpha value is -2.81. The number of methoxy groups -OCH3 is 1. The van der Waals surface area contributed by atoms with E-state index < -0.39 is 5.60 Å². The molecular weight excluding hydrogens is 404 g/mol. The average molecular weight is 425 g/mol. The largest absolute Gasteiger partial charge is 0.378 e. The molecule has 1 saturated heterocycles. The Morgan fingerprint density at radius 3 is 2.80 bits per heavy atom. The van der Waals surface area contributed by atoms with E-state index >= 15 is 0 Å². The normalized spacial score (nSPS) is 19.1. The SMILES string of the molecule is CO[C@]1(c2cc(C)cc(-n3nc(-c4cnn(C)c4)c4cnc(Cl)cc43)n2)CCOC1. The first-order chi connectivity index (χ1) is 14.5. The molecule has 4 aromatic heterocycles. The van der Waals surface area contributed by atoms with E-state index in [9.17, 15) is 0 Å². The van der Waals surface area contributed by atoms with Crippen LogP contribution in [-0.4, -0.2) is 49.9 Å². The van der Waals surface area contributed by atoms with Gasteiger partial charge in [-0.05, 0) is 24.6 Å². The molecule has 5 heterocycles. The summed E-state index contributed by atoms with van der Waals surface area (Å²) in [5.41, 5.74) is 3.85. The van der Waals surface area contributed by atoms with Crippen molar-refractivity contribution in [2.45, 2.75) is 18.9 Å². The summed E-state index contributed by atoms with van der Waals surface area (Å²) in [5, 5.41) is 10.4. The van der Waals surface area contributed by atoms with Gasteiger partial charge < -0.3 is 9.47 Å². The molecule has 1 fully saturated rings. The van der Waals surface area contributed by atoms with Gasteiger partial charge in [-0.25, -0.2) is 14.6 Å². The van der Waals surface area contributed by atoms with Crippen LogP contribution in [0.3, 0.4) is 0 Å². The van der Waals surface area contributed by atoms with Gasteiger partial charge in [0.1, 0.15) is 16.4 Å². The van der Waals surface area contributed by atoms with Crippen LogP contribution in [0, 0.1) is 6.92 Å². The maximum Gasteiger partial charge on any atom is 0.154 e. The van der Waals surface area contributed by atoms with Crippen LogP contribution in [0.2, 0.25) is 5.15 Å². The molecule has 154 valence electrons. The van der Waals surface area contributed by atoms with Crippen LogP contribution < -0.4 is 0 Å². The fraction of sp³-hybridized carbons (Fsp3) is 0.333. The van der Waals surface area contributed by atoms with Gasteiger partial charge in [-0.15, -0.1) is 0 Å². The monoisotopic (exact) mass is 424 g/mol. The Kier molecular flexibility index (Phi) is 4.57. The molecule has 5 rings (SSSR count). The topological polar surface area (TPSA) is 79.9 Å². The highest BCUT2D eigenvalue weighted by molar-refractivity contribution is 6.30. The lowest BCUT2D eigenvalue weighted by molar-refractivity contribution is -0.0246. The van der Waals surface area contributed by atoms with E-state index in [1.807, 2.05) is 32.3 Å². The molecule has 30 heavy (non-hydrogen) atoms. The fourth-order valence-corrected chi connectivity index (χ4v) is 4.07. The molecule has 0 N–H and O–H groups in total. The van der Waals surface area contributed by atoms with Crippen LogP contribution in [0.4, 0.5) is 0 Å². The van der Waals surface area contributed by atoms with Gasteiger partial charge in [0.05, 0.1) is 24.0 Å². The fourth-order valence-electron chi connectivity index (χ4n) is 3.92. The minimum atomic E-state index is -0.547. The molecule has 0 saturated carbocycles. The molecule has 0 spiro atoms. The Morgan fingerprint density at radius 1 is 1.23 bits per heavy atom. The van der Waals surface area contributed by atoms with Crippen LogP contribution in [0.25, 0.3) is 28.0 Å². The zero-order valence-electron chi connectivity index (χ0n) is 17.0. The number of ether oxygens (including phenoxy) is 2. The Balaban J connectivity index is 1.73. The molecule has 1 aliphatic heterocycles. The third-order valence-corrected chi connectivity index (χ3v) is 5.73. The highest BCUT2D eigenvalue weighted by Crippen LogP contribution is 2.35. The number of hydrogen-bond acceptors (Lipinski definition) is 6. The lowest BCUT2D eigenvalue weighted by Gasteiger charge is -2.26. The summed E-state index contributed by atoms with van der Waals surface area (Å²) in [7, 11) is 3.58. The predicted molar refractivity (Wildman–Crippen MR) is 113 cm³/mol. The summed E-state index contributed by atoms with van der Waals surface area (Å²) in [6.07, 6.45) is 6.20. The third-order valence-electron chi connectivity index (χ3n) is 5.53. The third kappa shape index (κ3) is 3.08. The van der Waals surface area contributed by atoms with Crippen molar-refractivity contribution in [3.05, 3.63) is 53.2 Å². The maximum atomic E-state index is 6.22. The second-order valence-corrected chi connectivity index (χ2v) is 7.96. The Morgan fingerprint density at radius 2 is 2.10 bits per heavy atom. The van der Waals surface area contributed by atoms with Crippen molar-refractivity contribution >= 4 is 22.5 Å². The van der Waals surface area contributed by atoms with Crippen molar-refractivity contribution in [2.24, 2.45) is 7.05 Å². The van der Waals surface area contributed by atoms with Gasteiger partial charge in [0, 0.05) is 56.6 Å². The molecule has 0 radical (unpaired) electrons. The number of nitrogens with zero attached hydrogens (tertiary/aromatic N) is 6. The van der Waals surface area contributed by atoms with Gasteiger partial charge in [0.25, 0.3) is 0 Å². The molecule has 9 heteroatoms. The first kappa shape index (κ1) is 19.2. The van der Waals surface area contributed by atoms with Crippen LogP contribution >= 0.6 is 11.6 Å². The van der Waals surface area contributed by atoms with Gasteiger partial charge in [-0.2, -0.15) is 10.2 Å². The van der Waals surface area contributed by atoms with Crippen molar-refractivity contribution in [1.82, 2.24) is 29.5 Å². The van der Waals surface area contributed by atoms with E-state index in [4.69, 9.17) is 31.2 Å². The van der Waals surface area contributed by atoms with Gasteiger partial charge in [-0.1, -0.05) is 11.6 Å². The average Bonchev–Trinajstić information content (AvgIpc) is 3.45. The highest BCUT2D eigenvalue weighted by atomic mass is 35.5. The second kappa shape index (κ2) is 7.16. The molecule has 0 bridgehead atoms. The number of pyridine rings is 2. The number of hydrogen-bond donors (Lipinski definition) is 0. The zero-order chi connectivity index (χ0) is 20.9. The molecular formula is C21H21ClN6O2. The quantitative estimate of drug-likeness (QED) is 0.467. The van der Waals surface area contributed by atoms with E-state index in [0.717, 1.165) is 39.8 Å². The summed E-state index contributed by atoms with van der Waals surface area (Å²) in [6, 6.07) is 5.85. The second-order valence-electron chi connectivity index (χ2n) is 7.58. The van der Waals surface area contributed by atoms with Crippen LogP contribution in [0.1, 0.15) is 17.7 Å². The minimum absolute atomic E-state index is 0.395. The summed E-state index contributed by atoms with van der Waals surface area (Å²) < 4.78 is 15.0. The number of halogens is 1.